The third kappa shape index (κ3) is 3.70. The van der Waals surface area contributed by atoms with E-state index in [0.29, 0.717) is 0 Å². The molecule has 0 heterocycles. The number of aryl methyl sites for hydroxylation is 1. The Labute approximate surface area is 142 Å². The van der Waals surface area contributed by atoms with E-state index in [2.05, 4.69) is 11.4 Å². The van der Waals surface area contributed by atoms with Crippen LogP contribution in [-0.2, 0) is 17.6 Å². The van der Waals surface area contributed by atoms with Crippen molar-refractivity contribution in [3.8, 4) is 11.5 Å². The van der Waals surface area contributed by atoms with Crippen LogP contribution < -0.4 is 14.8 Å². The van der Waals surface area contributed by atoms with Gasteiger partial charge in [-0.2, -0.15) is 0 Å². The van der Waals surface area contributed by atoms with Crippen LogP contribution in [0.3, 0.4) is 0 Å². The fraction of sp³-hybridized carbons (Fsp3) is 0.350. The number of carbonyl (C=O) groups is 1. The first-order valence-electron chi connectivity index (χ1n) is 8.39. The number of nitrogens with one attached hydrogen (secondary N) is 1. The largest absolute Gasteiger partial charge is 0.497 e. The van der Waals surface area contributed by atoms with Gasteiger partial charge in [-0.25, -0.2) is 0 Å². The van der Waals surface area contributed by atoms with Crippen LogP contribution in [-0.4, -0.2) is 19.1 Å². The summed E-state index contributed by atoms with van der Waals surface area (Å²) in [5.41, 5.74) is 3.33. The summed E-state index contributed by atoms with van der Waals surface area (Å²) in [6.07, 6.45) is 3.97. The van der Waals surface area contributed by atoms with Crippen LogP contribution in [0.25, 0.3) is 0 Å². The molecule has 2 aromatic carbocycles. The number of ether oxygens (including phenoxy) is 2. The van der Waals surface area contributed by atoms with Crippen molar-refractivity contribution in [1.82, 2.24) is 0 Å². The summed E-state index contributed by atoms with van der Waals surface area (Å²) in [6, 6.07) is 13.4. The predicted octanol–water partition coefficient (Wildman–Crippen LogP) is 3.98. The zero-order valence-corrected chi connectivity index (χ0v) is 14.2. The maximum atomic E-state index is 12.4. The molecule has 0 radical (unpaired) electrons. The van der Waals surface area contributed by atoms with Crippen molar-refractivity contribution in [2.24, 2.45) is 0 Å². The molecule has 0 spiro atoms. The van der Waals surface area contributed by atoms with E-state index in [-0.39, 0.29) is 5.91 Å². The van der Waals surface area contributed by atoms with Crippen molar-refractivity contribution >= 4 is 11.6 Å². The van der Waals surface area contributed by atoms with Gasteiger partial charge in [0.25, 0.3) is 5.91 Å². The second kappa shape index (κ2) is 7.39. The molecule has 1 N–H and O–H groups in total. The highest BCUT2D eigenvalue weighted by atomic mass is 16.5. The smallest absolute Gasteiger partial charge is 0.265 e. The molecule has 1 atom stereocenters. The predicted molar refractivity (Wildman–Crippen MR) is 94.8 cm³/mol. The summed E-state index contributed by atoms with van der Waals surface area (Å²) >= 11 is 0. The van der Waals surface area contributed by atoms with Crippen LogP contribution in [0.5, 0.6) is 11.5 Å². The van der Waals surface area contributed by atoms with Crippen molar-refractivity contribution < 1.29 is 14.3 Å². The zero-order chi connectivity index (χ0) is 16.9. The molecule has 24 heavy (non-hydrogen) atoms. The number of benzene rings is 2. The van der Waals surface area contributed by atoms with Gasteiger partial charge in [-0.3, -0.25) is 4.79 Å². The molecule has 126 valence electrons. The summed E-state index contributed by atoms with van der Waals surface area (Å²) < 4.78 is 11.1. The van der Waals surface area contributed by atoms with Crippen molar-refractivity contribution in [3.05, 3.63) is 53.6 Å². The SMILES string of the molecule is COc1ccc(NC(=O)C(C)Oc2cccc3c2CCCC3)cc1. The average molecular weight is 325 g/mol. The lowest BCUT2D eigenvalue weighted by Crippen LogP contribution is -2.30. The number of hydrogen-bond donors (Lipinski definition) is 1. The van der Waals surface area contributed by atoms with Gasteiger partial charge >= 0.3 is 0 Å². The minimum Gasteiger partial charge on any atom is -0.497 e. The lowest BCUT2D eigenvalue weighted by atomic mass is 9.91. The maximum absolute atomic E-state index is 12.4. The average Bonchev–Trinajstić information content (AvgIpc) is 2.62. The monoisotopic (exact) mass is 325 g/mol. The van der Waals surface area contributed by atoms with Gasteiger partial charge in [-0.05, 0) is 74.1 Å². The Bertz CT molecular complexity index is 709. The molecule has 0 bridgehead atoms. The van der Waals surface area contributed by atoms with E-state index >= 15 is 0 Å². The molecule has 0 fully saturated rings. The maximum Gasteiger partial charge on any atom is 0.265 e. The molecule has 4 heteroatoms. The molecule has 2 aromatic rings. The molecule has 0 saturated heterocycles. The van der Waals surface area contributed by atoms with Crippen molar-refractivity contribution in [1.29, 1.82) is 0 Å². The van der Waals surface area contributed by atoms with Gasteiger partial charge in [0, 0.05) is 5.69 Å². The second-order valence-corrected chi connectivity index (χ2v) is 6.08. The molecule has 0 aliphatic heterocycles. The first kappa shape index (κ1) is 16.4. The third-order valence-corrected chi connectivity index (χ3v) is 4.38. The lowest BCUT2D eigenvalue weighted by molar-refractivity contribution is -0.122. The Morgan fingerprint density at radius 2 is 1.83 bits per heavy atom. The number of carbonyl (C=O) groups excluding carboxylic acids is 1. The van der Waals surface area contributed by atoms with Crippen LogP contribution in [0.15, 0.2) is 42.5 Å². The van der Waals surface area contributed by atoms with Gasteiger partial charge in [0.05, 0.1) is 7.11 Å². The molecule has 0 saturated carbocycles. The van der Waals surface area contributed by atoms with Crippen LogP contribution in [0.1, 0.15) is 30.9 Å². The molecular weight excluding hydrogens is 302 g/mol. The zero-order valence-electron chi connectivity index (χ0n) is 14.2. The van der Waals surface area contributed by atoms with Crippen LogP contribution in [0.2, 0.25) is 0 Å². The van der Waals surface area contributed by atoms with Crippen LogP contribution in [0.4, 0.5) is 5.69 Å². The highest BCUT2D eigenvalue weighted by Crippen LogP contribution is 2.30. The van der Waals surface area contributed by atoms with E-state index in [4.69, 9.17) is 9.47 Å². The Kier molecular flexibility index (Phi) is 5.04. The van der Waals surface area contributed by atoms with Crippen molar-refractivity contribution in [3.63, 3.8) is 0 Å². The molecule has 1 aliphatic carbocycles. The van der Waals surface area contributed by atoms with Gasteiger partial charge in [-0.15, -0.1) is 0 Å². The summed E-state index contributed by atoms with van der Waals surface area (Å²) in [5, 5.41) is 2.87. The number of rotatable bonds is 5. The second-order valence-electron chi connectivity index (χ2n) is 6.08. The number of methoxy groups -OCH3 is 1. The fourth-order valence-electron chi connectivity index (χ4n) is 3.02. The summed E-state index contributed by atoms with van der Waals surface area (Å²) in [7, 11) is 1.62. The van der Waals surface area contributed by atoms with E-state index in [0.717, 1.165) is 30.0 Å². The lowest BCUT2D eigenvalue weighted by Gasteiger charge is -2.22. The van der Waals surface area contributed by atoms with Gasteiger partial charge in [0.2, 0.25) is 0 Å². The molecule has 1 aliphatic rings. The Morgan fingerprint density at radius 3 is 2.58 bits per heavy atom. The number of amides is 1. The number of anilines is 1. The molecule has 0 aromatic heterocycles. The molecular formula is C20H23NO3. The number of fused-ring (bicyclic) bond motifs is 1. The fourth-order valence-corrected chi connectivity index (χ4v) is 3.02. The summed E-state index contributed by atoms with van der Waals surface area (Å²) in [5.74, 6) is 1.44. The highest BCUT2D eigenvalue weighted by Gasteiger charge is 2.19. The molecule has 3 rings (SSSR count). The molecule has 1 amide bonds. The topological polar surface area (TPSA) is 47.6 Å². The molecule has 4 nitrogen and oxygen atoms in total. The van der Waals surface area contributed by atoms with Gasteiger partial charge in [0.1, 0.15) is 11.5 Å². The third-order valence-electron chi connectivity index (χ3n) is 4.38. The minimum atomic E-state index is -0.555. The Hall–Kier alpha value is -2.49. The summed E-state index contributed by atoms with van der Waals surface area (Å²) in [4.78, 5) is 12.4. The van der Waals surface area contributed by atoms with Crippen LogP contribution >= 0.6 is 0 Å². The Balaban J connectivity index is 1.66. The summed E-state index contributed by atoms with van der Waals surface area (Å²) in [6.45, 7) is 1.78. The van der Waals surface area contributed by atoms with E-state index in [9.17, 15) is 4.79 Å². The van der Waals surface area contributed by atoms with Crippen LogP contribution in [0, 0.1) is 0 Å². The van der Waals surface area contributed by atoms with Crippen molar-refractivity contribution in [2.75, 3.05) is 12.4 Å². The Morgan fingerprint density at radius 1 is 1.08 bits per heavy atom. The molecule has 1 unspecified atom stereocenters. The normalized spacial score (nSPS) is 14.4. The first-order valence-corrected chi connectivity index (χ1v) is 8.39. The van der Waals surface area contributed by atoms with Gasteiger partial charge < -0.3 is 14.8 Å². The standard InChI is InChI=1S/C20H23NO3/c1-14(20(22)21-16-10-12-17(23-2)13-11-16)24-19-9-5-7-15-6-3-4-8-18(15)19/h5,7,9-14H,3-4,6,8H2,1-2H3,(H,21,22). The highest BCUT2D eigenvalue weighted by molar-refractivity contribution is 5.94. The minimum absolute atomic E-state index is 0.159. The van der Waals surface area contributed by atoms with E-state index in [1.54, 1.807) is 14.0 Å². The van der Waals surface area contributed by atoms with E-state index < -0.39 is 6.10 Å². The quantitative estimate of drug-likeness (QED) is 0.904. The van der Waals surface area contributed by atoms with Gasteiger partial charge in [-0.1, -0.05) is 12.1 Å². The van der Waals surface area contributed by atoms with E-state index in [1.165, 1.54) is 24.0 Å². The van der Waals surface area contributed by atoms with E-state index in [1.807, 2.05) is 36.4 Å². The number of hydrogen-bond acceptors (Lipinski definition) is 3. The van der Waals surface area contributed by atoms with Crippen molar-refractivity contribution in [2.45, 2.75) is 38.7 Å². The van der Waals surface area contributed by atoms with Gasteiger partial charge in [0.15, 0.2) is 6.10 Å². The first-order chi connectivity index (χ1) is 11.7.